The molecule has 0 bridgehead atoms. The van der Waals surface area contributed by atoms with E-state index in [4.69, 9.17) is 4.74 Å². The molecule has 0 saturated heterocycles. The number of carbonyl (C=O) groups excluding carboxylic acids is 3. The van der Waals surface area contributed by atoms with Crippen molar-refractivity contribution in [1.82, 2.24) is 0 Å². The average Bonchev–Trinajstić information content (AvgIpc) is 2.43. The number of allylic oxidation sites excluding steroid dienone is 3. The number of unbranched alkanes of at least 4 members (excludes halogenated alkanes) is 1. The Morgan fingerprint density at radius 1 is 1.55 bits per heavy atom. The summed E-state index contributed by atoms with van der Waals surface area (Å²) >= 11 is 0. The normalized spacial score (nSPS) is 28.2. The van der Waals surface area contributed by atoms with Crippen molar-refractivity contribution in [1.29, 1.82) is 0 Å². The number of esters is 1. The summed E-state index contributed by atoms with van der Waals surface area (Å²) in [4.78, 5) is 34.7. The lowest BCUT2D eigenvalue weighted by Crippen LogP contribution is -2.42. The lowest BCUT2D eigenvalue weighted by atomic mass is 9.61. The first-order valence-electron chi connectivity index (χ1n) is 6.89. The highest BCUT2D eigenvalue weighted by Gasteiger charge is 2.47. The maximum Gasteiger partial charge on any atom is 0.309 e. The summed E-state index contributed by atoms with van der Waals surface area (Å²) in [5.41, 5.74) is 0.0413. The summed E-state index contributed by atoms with van der Waals surface area (Å²) in [6.45, 7) is 5.55. The summed E-state index contributed by atoms with van der Waals surface area (Å²) in [7, 11) is 1.36. The fourth-order valence-corrected chi connectivity index (χ4v) is 3.02. The number of hydrogen-bond donors (Lipinski definition) is 0. The Labute approximate surface area is 119 Å². The first-order valence-corrected chi connectivity index (χ1v) is 6.89. The predicted octanol–water partition coefficient (Wildman–Crippen LogP) is 2.63. The number of Topliss-reactive ketones (excluding diaryl/α,β-unsaturated/α-hetero) is 1. The molecule has 1 fully saturated rings. The summed E-state index contributed by atoms with van der Waals surface area (Å²) in [6.07, 6.45) is 6.66. The number of carbonyl (C=O) groups is 3. The molecule has 1 rings (SSSR count). The number of methoxy groups -OCH3 is 1. The third kappa shape index (κ3) is 3.24. The van der Waals surface area contributed by atoms with E-state index in [-0.39, 0.29) is 17.7 Å². The fourth-order valence-electron chi connectivity index (χ4n) is 3.02. The van der Waals surface area contributed by atoms with E-state index in [0.29, 0.717) is 37.7 Å². The van der Waals surface area contributed by atoms with Crippen LogP contribution in [-0.2, 0) is 19.1 Å². The number of ketones is 1. The SMILES string of the molecule is C=C/C=C1\C(=O)CC[C@@H](C(=O)OC)[C@]1(C)CCCC=O. The molecule has 4 heteroatoms. The third-order valence-corrected chi connectivity index (χ3v) is 4.13. The third-order valence-electron chi connectivity index (χ3n) is 4.13. The summed E-state index contributed by atoms with van der Waals surface area (Å²) in [6, 6.07) is 0. The van der Waals surface area contributed by atoms with E-state index in [9.17, 15) is 14.4 Å². The molecule has 1 aliphatic carbocycles. The zero-order chi connectivity index (χ0) is 15.2. The second-order valence-electron chi connectivity index (χ2n) is 5.33. The number of aldehydes is 1. The van der Waals surface area contributed by atoms with Gasteiger partial charge in [-0.3, -0.25) is 9.59 Å². The average molecular weight is 278 g/mol. The largest absolute Gasteiger partial charge is 0.469 e. The molecule has 0 aromatic carbocycles. The molecular formula is C16H22O4. The highest BCUT2D eigenvalue weighted by Crippen LogP contribution is 2.47. The molecule has 0 aromatic heterocycles. The Kier molecular flexibility index (Phi) is 5.86. The van der Waals surface area contributed by atoms with Crippen molar-refractivity contribution in [3.05, 3.63) is 24.3 Å². The van der Waals surface area contributed by atoms with Crippen molar-refractivity contribution < 1.29 is 19.1 Å². The Morgan fingerprint density at radius 2 is 2.25 bits per heavy atom. The fraction of sp³-hybridized carbons (Fsp3) is 0.562. The van der Waals surface area contributed by atoms with Gasteiger partial charge in [0.25, 0.3) is 0 Å². The number of hydrogen-bond acceptors (Lipinski definition) is 4. The summed E-state index contributed by atoms with van der Waals surface area (Å²) in [5.74, 6) is -0.581. The molecule has 20 heavy (non-hydrogen) atoms. The van der Waals surface area contributed by atoms with Crippen LogP contribution in [0.25, 0.3) is 0 Å². The molecule has 0 radical (unpaired) electrons. The van der Waals surface area contributed by atoms with Crippen LogP contribution in [0.2, 0.25) is 0 Å². The van der Waals surface area contributed by atoms with Crippen molar-refractivity contribution in [2.24, 2.45) is 11.3 Å². The topological polar surface area (TPSA) is 60.4 Å². The van der Waals surface area contributed by atoms with Gasteiger partial charge in [0.2, 0.25) is 0 Å². The standard InChI is InChI=1S/C16H22O4/c1-4-7-12-14(18)9-8-13(15(19)20-3)16(12,2)10-5-6-11-17/h4,7,11,13H,1,5-6,8-10H2,2-3H3/b12-7+/t13-,16+/m0/s1. The van der Waals surface area contributed by atoms with Gasteiger partial charge in [-0.25, -0.2) is 0 Å². The first kappa shape index (κ1) is 16.3. The van der Waals surface area contributed by atoms with E-state index < -0.39 is 5.41 Å². The van der Waals surface area contributed by atoms with Crippen molar-refractivity contribution in [3.63, 3.8) is 0 Å². The van der Waals surface area contributed by atoms with E-state index in [1.165, 1.54) is 7.11 Å². The van der Waals surface area contributed by atoms with Gasteiger partial charge < -0.3 is 9.53 Å². The van der Waals surface area contributed by atoms with Crippen LogP contribution in [0.5, 0.6) is 0 Å². The van der Waals surface area contributed by atoms with Crippen LogP contribution in [0.3, 0.4) is 0 Å². The molecule has 0 unspecified atom stereocenters. The van der Waals surface area contributed by atoms with Gasteiger partial charge >= 0.3 is 5.97 Å². The van der Waals surface area contributed by atoms with E-state index in [1.54, 1.807) is 12.2 Å². The molecule has 2 atom stereocenters. The molecule has 0 spiro atoms. The van der Waals surface area contributed by atoms with Crippen LogP contribution >= 0.6 is 0 Å². The Balaban J connectivity index is 3.14. The number of rotatable bonds is 6. The molecule has 1 saturated carbocycles. The van der Waals surface area contributed by atoms with Gasteiger partial charge in [0.05, 0.1) is 13.0 Å². The minimum absolute atomic E-state index is 0.0543. The minimum Gasteiger partial charge on any atom is -0.469 e. The minimum atomic E-state index is -0.584. The zero-order valence-corrected chi connectivity index (χ0v) is 12.2. The van der Waals surface area contributed by atoms with Gasteiger partial charge in [0.15, 0.2) is 5.78 Å². The molecule has 0 heterocycles. The molecular weight excluding hydrogens is 256 g/mol. The van der Waals surface area contributed by atoms with Crippen LogP contribution < -0.4 is 0 Å². The van der Waals surface area contributed by atoms with Crippen molar-refractivity contribution in [2.45, 2.75) is 39.0 Å². The van der Waals surface area contributed by atoms with Gasteiger partial charge in [0, 0.05) is 23.8 Å². The van der Waals surface area contributed by atoms with Gasteiger partial charge in [-0.2, -0.15) is 0 Å². The van der Waals surface area contributed by atoms with E-state index >= 15 is 0 Å². The van der Waals surface area contributed by atoms with Crippen molar-refractivity contribution in [2.75, 3.05) is 7.11 Å². The molecule has 0 N–H and O–H groups in total. The second-order valence-corrected chi connectivity index (χ2v) is 5.33. The van der Waals surface area contributed by atoms with Crippen LogP contribution in [0.15, 0.2) is 24.3 Å². The number of ether oxygens (including phenoxy) is 1. The van der Waals surface area contributed by atoms with Crippen molar-refractivity contribution >= 4 is 18.0 Å². The molecule has 0 aliphatic heterocycles. The summed E-state index contributed by atoms with van der Waals surface area (Å²) < 4.78 is 4.88. The first-order chi connectivity index (χ1) is 9.51. The Hall–Kier alpha value is -1.71. The van der Waals surface area contributed by atoms with Crippen LogP contribution in [0.1, 0.15) is 39.0 Å². The predicted molar refractivity (Wildman–Crippen MR) is 76.0 cm³/mol. The van der Waals surface area contributed by atoms with Gasteiger partial charge in [0.1, 0.15) is 6.29 Å². The van der Waals surface area contributed by atoms with Gasteiger partial charge in [-0.1, -0.05) is 25.7 Å². The lowest BCUT2D eigenvalue weighted by molar-refractivity contribution is -0.151. The van der Waals surface area contributed by atoms with Gasteiger partial charge in [-0.15, -0.1) is 0 Å². The molecule has 0 amide bonds. The van der Waals surface area contributed by atoms with E-state index in [0.717, 1.165) is 6.29 Å². The van der Waals surface area contributed by atoms with E-state index in [2.05, 4.69) is 6.58 Å². The molecule has 1 aliphatic rings. The maximum absolute atomic E-state index is 12.2. The van der Waals surface area contributed by atoms with Crippen molar-refractivity contribution in [3.8, 4) is 0 Å². The quantitative estimate of drug-likeness (QED) is 0.324. The molecule has 0 aromatic rings. The molecule has 110 valence electrons. The summed E-state index contributed by atoms with van der Waals surface area (Å²) in [5, 5.41) is 0. The van der Waals surface area contributed by atoms with Gasteiger partial charge in [-0.05, 0) is 19.3 Å². The zero-order valence-electron chi connectivity index (χ0n) is 12.2. The highest BCUT2D eigenvalue weighted by molar-refractivity contribution is 5.99. The van der Waals surface area contributed by atoms with Crippen LogP contribution in [-0.4, -0.2) is 25.1 Å². The Bertz CT molecular complexity index is 436. The maximum atomic E-state index is 12.2. The highest BCUT2D eigenvalue weighted by atomic mass is 16.5. The molecule has 4 nitrogen and oxygen atoms in total. The second kappa shape index (κ2) is 7.17. The van der Waals surface area contributed by atoms with Crippen LogP contribution in [0, 0.1) is 11.3 Å². The monoisotopic (exact) mass is 278 g/mol. The van der Waals surface area contributed by atoms with E-state index in [1.807, 2.05) is 6.92 Å². The lowest BCUT2D eigenvalue weighted by Gasteiger charge is -2.41. The smallest absolute Gasteiger partial charge is 0.309 e. The Morgan fingerprint density at radius 3 is 2.80 bits per heavy atom. The van der Waals surface area contributed by atoms with Crippen LogP contribution in [0.4, 0.5) is 0 Å².